The number of hydrogen-bond acceptors (Lipinski definition) is 5. The van der Waals surface area contributed by atoms with Gasteiger partial charge in [0.25, 0.3) is 0 Å². The highest BCUT2D eigenvalue weighted by Crippen LogP contribution is 2.34. The van der Waals surface area contributed by atoms with Gasteiger partial charge in [-0.2, -0.15) is 4.98 Å². The highest BCUT2D eigenvalue weighted by atomic mass is 16.5. The second-order valence-corrected chi connectivity index (χ2v) is 6.92. The van der Waals surface area contributed by atoms with Crippen LogP contribution in [-0.4, -0.2) is 20.9 Å². The van der Waals surface area contributed by atoms with Crippen LogP contribution in [0.3, 0.4) is 0 Å². The first kappa shape index (κ1) is 17.4. The molecule has 1 atom stereocenters. The Balaban J connectivity index is 1.55. The first-order valence-corrected chi connectivity index (χ1v) is 9.12. The number of aryl methyl sites for hydroxylation is 1. The molecule has 0 saturated carbocycles. The number of benzene rings is 2. The number of aromatic nitrogens is 2. The molecular weight excluding hydrogens is 340 g/mol. The fourth-order valence-corrected chi connectivity index (χ4v) is 3.36. The van der Waals surface area contributed by atoms with Gasteiger partial charge in [-0.25, -0.2) is 0 Å². The summed E-state index contributed by atoms with van der Waals surface area (Å²) in [5, 5.41) is 4.11. The molecule has 138 valence electrons. The van der Waals surface area contributed by atoms with E-state index in [9.17, 15) is 4.79 Å². The Morgan fingerprint density at radius 1 is 1.11 bits per heavy atom. The number of likely N-dealkylation sites (tertiary alicyclic amines) is 1. The van der Waals surface area contributed by atoms with Gasteiger partial charge in [-0.15, -0.1) is 0 Å². The van der Waals surface area contributed by atoms with Gasteiger partial charge in [0.05, 0.1) is 0 Å². The van der Waals surface area contributed by atoms with E-state index in [2.05, 4.69) is 34.4 Å². The van der Waals surface area contributed by atoms with E-state index in [0.29, 0.717) is 37.6 Å². The number of carbonyl (C=O) groups is 1. The lowest BCUT2D eigenvalue weighted by atomic mass is 10.1. The maximum absolute atomic E-state index is 12.4. The Hall–Kier alpha value is -2.99. The summed E-state index contributed by atoms with van der Waals surface area (Å²) in [6, 6.07) is 15.8. The molecule has 2 N–H and O–H groups in total. The van der Waals surface area contributed by atoms with Crippen LogP contribution in [0, 0.1) is 6.92 Å². The molecule has 1 fully saturated rings. The molecule has 2 heterocycles. The van der Waals surface area contributed by atoms with Crippen LogP contribution in [0.4, 0.5) is 0 Å². The van der Waals surface area contributed by atoms with Crippen molar-refractivity contribution in [2.75, 3.05) is 0 Å². The molecular formula is C21H22N4O2. The molecule has 1 aromatic heterocycles. The van der Waals surface area contributed by atoms with Gasteiger partial charge in [0.15, 0.2) is 0 Å². The van der Waals surface area contributed by atoms with Crippen LogP contribution in [0.25, 0.3) is 11.4 Å². The summed E-state index contributed by atoms with van der Waals surface area (Å²) in [5.41, 5.74) is 9.85. The molecule has 6 heteroatoms. The molecule has 0 bridgehead atoms. The molecule has 0 spiro atoms. The third-order valence-corrected chi connectivity index (χ3v) is 4.98. The van der Waals surface area contributed by atoms with E-state index in [-0.39, 0.29) is 11.9 Å². The number of carbonyl (C=O) groups excluding carboxylic acids is 1. The van der Waals surface area contributed by atoms with Gasteiger partial charge in [0.1, 0.15) is 6.04 Å². The molecule has 3 aromatic rings. The SMILES string of the molecule is Cc1ccc(CN2C(=O)CCC2c2nc(-c3ccc(CN)cc3)no2)cc1. The summed E-state index contributed by atoms with van der Waals surface area (Å²) >= 11 is 0. The first-order valence-electron chi connectivity index (χ1n) is 9.12. The molecule has 1 aliphatic rings. The topological polar surface area (TPSA) is 85.2 Å². The van der Waals surface area contributed by atoms with Crippen molar-refractivity contribution in [1.29, 1.82) is 0 Å². The van der Waals surface area contributed by atoms with Crippen molar-refractivity contribution in [3.8, 4) is 11.4 Å². The first-order chi connectivity index (χ1) is 13.1. The minimum atomic E-state index is -0.177. The van der Waals surface area contributed by atoms with Crippen LogP contribution < -0.4 is 5.73 Å². The lowest BCUT2D eigenvalue weighted by Crippen LogP contribution is -2.27. The number of nitrogens with two attached hydrogens (primary N) is 1. The normalized spacial score (nSPS) is 16.9. The Labute approximate surface area is 158 Å². The molecule has 6 nitrogen and oxygen atoms in total. The number of hydrogen-bond donors (Lipinski definition) is 1. The van der Waals surface area contributed by atoms with Gasteiger partial charge in [0, 0.05) is 25.1 Å². The molecule has 2 aromatic carbocycles. The predicted molar refractivity (Wildman–Crippen MR) is 101 cm³/mol. The van der Waals surface area contributed by atoms with Crippen molar-refractivity contribution in [1.82, 2.24) is 15.0 Å². The van der Waals surface area contributed by atoms with Crippen LogP contribution in [-0.2, 0) is 17.9 Å². The average molecular weight is 362 g/mol. The second kappa shape index (κ2) is 7.32. The summed E-state index contributed by atoms with van der Waals surface area (Å²) < 4.78 is 5.52. The lowest BCUT2D eigenvalue weighted by Gasteiger charge is -2.22. The van der Waals surface area contributed by atoms with Crippen LogP contribution in [0.15, 0.2) is 53.1 Å². The smallest absolute Gasteiger partial charge is 0.249 e. The van der Waals surface area contributed by atoms with E-state index in [1.807, 2.05) is 36.1 Å². The van der Waals surface area contributed by atoms with E-state index in [1.54, 1.807) is 0 Å². The monoisotopic (exact) mass is 362 g/mol. The lowest BCUT2D eigenvalue weighted by molar-refractivity contribution is -0.129. The Morgan fingerprint density at radius 2 is 1.81 bits per heavy atom. The summed E-state index contributed by atoms with van der Waals surface area (Å²) in [7, 11) is 0. The fraction of sp³-hybridized carbons (Fsp3) is 0.286. The van der Waals surface area contributed by atoms with Gasteiger partial charge < -0.3 is 15.2 Å². The van der Waals surface area contributed by atoms with Crippen LogP contribution in [0.1, 0.15) is 41.5 Å². The predicted octanol–water partition coefficient (Wildman–Crippen LogP) is 3.37. The Kier molecular flexibility index (Phi) is 4.73. The van der Waals surface area contributed by atoms with E-state index in [1.165, 1.54) is 5.56 Å². The van der Waals surface area contributed by atoms with Crippen LogP contribution in [0.5, 0.6) is 0 Å². The highest BCUT2D eigenvalue weighted by molar-refractivity contribution is 5.78. The van der Waals surface area contributed by atoms with Crippen LogP contribution in [0.2, 0.25) is 0 Å². The maximum atomic E-state index is 12.4. The quantitative estimate of drug-likeness (QED) is 0.752. The summed E-state index contributed by atoms with van der Waals surface area (Å²) in [6.07, 6.45) is 1.19. The maximum Gasteiger partial charge on any atom is 0.249 e. The van der Waals surface area contributed by atoms with Gasteiger partial charge >= 0.3 is 0 Å². The largest absolute Gasteiger partial charge is 0.337 e. The van der Waals surface area contributed by atoms with E-state index >= 15 is 0 Å². The molecule has 0 aliphatic carbocycles. The molecule has 4 rings (SSSR count). The summed E-state index contributed by atoms with van der Waals surface area (Å²) in [6.45, 7) is 3.09. The Morgan fingerprint density at radius 3 is 2.52 bits per heavy atom. The minimum Gasteiger partial charge on any atom is -0.337 e. The van der Waals surface area contributed by atoms with Crippen molar-refractivity contribution >= 4 is 5.91 Å². The number of nitrogens with zero attached hydrogens (tertiary/aromatic N) is 3. The summed E-state index contributed by atoms with van der Waals surface area (Å²) in [5.74, 6) is 1.14. The van der Waals surface area contributed by atoms with Crippen LogP contribution >= 0.6 is 0 Å². The zero-order valence-corrected chi connectivity index (χ0v) is 15.3. The standard InChI is InChI=1S/C21H22N4O2/c1-14-2-4-16(5-3-14)13-25-18(10-11-19(25)26)21-23-20(24-27-21)17-8-6-15(12-22)7-9-17/h2-9,18H,10-13,22H2,1H3. The minimum absolute atomic E-state index is 0.118. The molecule has 27 heavy (non-hydrogen) atoms. The van der Waals surface area contributed by atoms with Crippen molar-refractivity contribution in [3.05, 3.63) is 71.1 Å². The van der Waals surface area contributed by atoms with E-state index < -0.39 is 0 Å². The van der Waals surface area contributed by atoms with Gasteiger partial charge in [0.2, 0.25) is 17.6 Å². The summed E-state index contributed by atoms with van der Waals surface area (Å²) in [4.78, 5) is 18.8. The third kappa shape index (κ3) is 3.61. The van der Waals surface area contributed by atoms with Gasteiger partial charge in [-0.05, 0) is 24.5 Å². The van der Waals surface area contributed by atoms with Crippen molar-refractivity contribution in [2.45, 2.75) is 38.9 Å². The molecule has 1 unspecified atom stereocenters. The van der Waals surface area contributed by atoms with Gasteiger partial charge in [-0.1, -0.05) is 59.3 Å². The molecule has 1 amide bonds. The van der Waals surface area contributed by atoms with Crippen molar-refractivity contribution in [3.63, 3.8) is 0 Å². The van der Waals surface area contributed by atoms with Crippen molar-refractivity contribution < 1.29 is 9.32 Å². The van der Waals surface area contributed by atoms with E-state index in [0.717, 1.165) is 16.7 Å². The average Bonchev–Trinajstić information content (AvgIpc) is 3.31. The highest BCUT2D eigenvalue weighted by Gasteiger charge is 2.36. The fourth-order valence-electron chi connectivity index (χ4n) is 3.36. The molecule has 0 radical (unpaired) electrons. The van der Waals surface area contributed by atoms with Gasteiger partial charge in [-0.3, -0.25) is 4.79 Å². The molecule has 1 aliphatic heterocycles. The zero-order chi connectivity index (χ0) is 18.8. The third-order valence-electron chi connectivity index (χ3n) is 4.98. The zero-order valence-electron chi connectivity index (χ0n) is 15.3. The van der Waals surface area contributed by atoms with Crippen molar-refractivity contribution in [2.24, 2.45) is 5.73 Å². The number of amides is 1. The Bertz CT molecular complexity index is 932. The second-order valence-electron chi connectivity index (χ2n) is 6.92. The molecule has 1 saturated heterocycles. The number of rotatable bonds is 5. The van der Waals surface area contributed by atoms with E-state index in [4.69, 9.17) is 10.3 Å².